The summed E-state index contributed by atoms with van der Waals surface area (Å²) in [7, 11) is 1.00. The number of hydrogen-bond donors (Lipinski definition) is 2. The van der Waals surface area contributed by atoms with Gasteiger partial charge in [0.2, 0.25) is 0 Å². The van der Waals surface area contributed by atoms with E-state index in [4.69, 9.17) is 9.84 Å². The highest BCUT2D eigenvalue weighted by Gasteiger charge is 2.30. The maximum absolute atomic E-state index is 11.3. The van der Waals surface area contributed by atoms with E-state index in [1.807, 2.05) is 30.0 Å². The number of β-amino-alcohol motifs (C(OH)–C–C–N with tert-alkyl or cyclic N) is 1. The van der Waals surface area contributed by atoms with Gasteiger partial charge in [-0.15, -0.1) is 0 Å². The second-order valence-corrected chi connectivity index (χ2v) is 8.37. The Morgan fingerprint density at radius 2 is 1.79 bits per heavy atom. The lowest BCUT2D eigenvalue weighted by atomic mass is 9.97. The van der Waals surface area contributed by atoms with Crippen molar-refractivity contribution in [3.63, 3.8) is 0 Å². The SMILES string of the molecule is CO.Cc1cc(CN2C[C@H](O)C[C@@H]2C=O)ccc1OCc1cccc(-c2ccccc2)c1C. The van der Waals surface area contributed by atoms with Crippen molar-refractivity contribution >= 4 is 6.29 Å². The zero-order valence-corrected chi connectivity index (χ0v) is 19.6. The van der Waals surface area contributed by atoms with Crippen LogP contribution < -0.4 is 4.74 Å². The van der Waals surface area contributed by atoms with Gasteiger partial charge in [-0.05, 0) is 59.7 Å². The predicted molar refractivity (Wildman–Crippen MR) is 131 cm³/mol. The number of hydrogen-bond acceptors (Lipinski definition) is 5. The fourth-order valence-corrected chi connectivity index (χ4v) is 4.36. The average Bonchev–Trinajstić information content (AvgIpc) is 3.20. The number of carbonyl (C=O) groups excluding carboxylic acids is 1. The predicted octanol–water partition coefficient (Wildman–Crippen LogP) is 4.29. The van der Waals surface area contributed by atoms with Gasteiger partial charge < -0.3 is 19.7 Å². The first kappa shape index (κ1) is 24.6. The summed E-state index contributed by atoms with van der Waals surface area (Å²) in [4.78, 5) is 13.3. The first-order chi connectivity index (χ1) is 16.0. The zero-order valence-electron chi connectivity index (χ0n) is 19.6. The molecule has 1 aliphatic heterocycles. The molecule has 1 saturated heterocycles. The summed E-state index contributed by atoms with van der Waals surface area (Å²) >= 11 is 0. The monoisotopic (exact) mass is 447 g/mol. The Kier molecular flexibility index (Phi) is 8.78. The topological polar surface area (TPSA) is 70.0 Å². The first-order valence-corrected chi connectivity index (χ1v) is 11.2. The van der Waals surface area contributed by atoms with Crippen molar-refractivity contribution in [3.8, 4) is 16.9 Å². The van der Waals surface area contributed by atoms with Crippen molar-refractivity contribution in [2.75, 3.05) is 13.7 Å². The number of benzene rings is 3. The van der Waals surface area contributed by atoms with E-state index < -0.39 is 6.10 Å². The van der Waals surface area contributed by atoms with Crippen molar-refractivity contribution in [1.82, 2.24) is 4.90 Å². The number of carbonyl (C=O) groups is 1. The first-order valence-electron chi connectivity index (χ1n) is 11.2. The minimum absolute atomic E-state index is 0.203. The van der Waals surface area contributed by atoms with Crippen LogP contribution in [0, 0.1) is 13.8 Å². The van der Waals surface area contributed by atoms with Crippen molar-refractivity contribution in [3.05, 3.63) is 89.0 Å². The lowest BCUT2D eigenvalue weighted by Gasteiger charge is -2.20. The molecule has 0 bridgehead atoms. The Labute approximate surface area is 196 Å². The van der Waals surface area contributed by atoms with E-state index in [2.05, 4.69) is 55.5 Å². The van der Waals surface area contributed by atoms with Crippen molar-refractivity contribution in [2.45, 2.75) is 45.6 Å². The highest BCUT2D eigenvalue weighted by molar-refractivity contribution is 5.68. The number of aliphatic hydroxyl groups is 2. The molecule has 1 aliphatic rings. The molecule has 1 heterocycles. The van der Waals surface area contributed by atoms with Gasteiger partial charge >= 0.3 is 0 Å². The molecular formula is C28H33NO4. The number of aldehydes is 1. The summed E-state index contributed by atoms with van der Waals surface area (Å²) < 4.78 is 6.17. The number of rotatable bonds is 7. The number of ether oxygens (including phenoxy) is 1. The third kappa shape index (κ3) is 6.08. The molecule has 0 saturated carbocycles. The molecular weight excluding hydrogens is 414 g/mol. The second-order valence-electron chi connectivity index (χ2n) is 8.37. The third-order valence-electron chi connectivity index (χ3n) is 6.12. The molecule has 5 nitrogen and oxygen atoms in total. The largest absolute Gasteiger partial charge is 0.489 e. The number of aryl methyl sites for hydroxylation is 1. The van der Waals surface area contributed by atoms with Gasteiger partial charge in [-0.3, -0.25) is 4.90 Å². The Balaban J connectivity index is 0.00000149. The zero-order chi connectivity index (χ0) is 23.8. The molecule has 0 unspecified atom stereocenters. The minimum Gasteiger partial charge on any atom is -0.489 e. The maximum Gasteiger partial charge on any atom is 0.137 e. The summed E-state index contributed by atoms with van der Waals surface area (Å²) in [5.41, 5.74) is 7.03. The van der Waals surface area contributed by atoms with Gasteiger partial charge in [-0.2, -0.15) is 0 Å². The van der Waals surface area contributed by atoms with Gasteiger partial charge in [0.05, 0.1) is 12.1 Å². The standard InChI is InChI=1S/C27H29NO3.CH4O/c1-19-13-21(15-28-16-25(30)14-24(28)17-29)11-12-27(19)31-18-23-9-6-10-26(20(23)2)22-7-4-3-5-8-22;1-2/h3-13,17,24-25,30H,14-16,18H2,1-2H3;2H,1H3/t24-,25-;/m1./s1. The summed E-state index contributed by atoms with van der Waals surface area (Å²) in [6.45, 7) is 5.89. The molecule has 4 rings (SSSR count). The van der Waals surface area contributed by atoms with Gasteiger partial charge in [0.1, 0.15) is 18.6 Å². The van der Waals surface area contributed by atoms with E-state index >= 15 is 0 Å². The van der Waals surface area contributed by atoms with Crippen LogP contribution in [0.1, 0.15) is 28.7 Å². The third-order valence-corrected chi connectivity index (χ3v) is 6.12. The van der Waals surface area contributed by atoms with Crippen molar-refractivity contribution in [2.24, 2.45) is 0 Å². The molecule has 2 atom stereocenters. The van der Waals surface area contributed by atoms with E-state index in [0.29, 0.717) is 26.1 Å². The van der Waals surface area contributed by atoms with E-state index in [0.717, 1.165) is 30.3 Å². The fourth-order valence-electron chi connectivity index (χ4n) is 4.36. The van der Waals surface area contributed by atoms with Gasteiger partial charge in [-0.25, -0.2) is 0 Å². The Morgan fingerprint density at radius 1 is 1.03 bits per heavy atom. The van der Waals surface area contributed by atoms with Gasteiger partial charge in [-0.1, -0.05) is 60.7 Å². The van der Waals surface area contributed by atoms with Crippen LogP contribution in [0.5, 0.6) is 5.75 Å². The van der Waals surface area contributed by atoms with Crippen LogP contribution in [0.4, 0.5) is 0 Å². The number of nitrogens with zero attached hydrogens (tertiary/aromatic N) is 1. The smallest absolute Gasteiger partial charge is 0.137 e. The highest BCUT2D eigenvalue weighted by atomic mass is 16.5. The molecule has 3 aromatic rings. The molecule has 0 aliphatic carbocycles. The quantitative estimate of drug-likeness (QED) is 0.529. The van der Waals surface area contributed by atoms with E-state index in [1.54, 1.807) is 0 Å². The van der Waals surface area contributed by atoms with E-state index in [9.17, 15) is 9.90 Å². The normalized spacial score (nSPS) is 17.8. The maximum atomic E-state index is 11.3. The highest BCUT2D eigenvalue weighted by Crippen LogP contribution is 2.28. The summed E-state index contributed by atoms with van der Waals surface area (Å²) in [5, 5.41) is 16.9. The molecule has 1 fully saturated rings. The van der Waals surface area contributed by atoms with Crippen LogP contribution >= 0.6 is 0 Å². The molecule has 33 heavy (non-hydrogen) atoms. The van der Waals surface area contributed by atoms with Crippen LogP contribution in [0.25, 0.3) is 11.1 Å². The minimum atomic E-state index is -0.422. The van der Waals surface area contributed by atoms with Gasteiger partial charge in [0.25, 0.3) is 0 Å². The molecule has 0 radical (unpaired) electrons. The summed E-state index contributed by atoms with van der Waals surface area (Å²) in [6.07, 6.45) is 1.03. The van der Waals surface area contributed by atoms with E-state index in [-0.39, 0.29) is 6.04 Å². The number of aliphatic hydroxyl groups excluding tert-OH is 2. The van der Waals surface area contributed by atoms with Crippen LogP contribution in [0.15, 0.2) is 66.7 Å². The van der Waals surface area contributed by atoms with Crippen molar-refractivity contribution in [1.29, 1.82) is 0 Å². The molecule has 0 aromatic heterocycles. The summed E-state index contributed by atoms with van der Waals surface area (Å²) in [6, 6.07) is 22.7. The van der Waals surface area contributed by atoms with Crippen LogP contribution in [0.2, 0.25) is 0 Å². The Hall–Kier alpha value is -2.99. The van der Waals surface area contributed by atoms with Crippen LogP contribution in [-0.2, 0) is 17.9 Å². The van der Waals surface area contributed by atoms with Crippen molar-refractivity contribution < 1.29 is 19.7 Å². The van der Waals surface area contributed by atoms with Gasteiger partial charge in [0, 0.05) is 20.2 Å². The lowest BCUT2D eigenvalue weighted by molar-refractivity contribution is -0.111. The number of likely N-dealkylation sites (tertiary alicyclic amines) is 1. The second kappa shape index (κ2) is 11.8. The van der Waals surface area contributed by atoms with Gasteiger partial charge in [0.15, 0.2) is 0 Å². The molecule has 2 N–H and O–H groups in total. The molecule has 0 spiro atoms. The Bertz CT molecular complexity index is 1050. The lowest BCUT2D eigenvalue weighted by Crippen LogP contribution is -2.30. The van der Waals surface area contributed by atoms with Crippen LogP contribution in [0.3, 0.4) is 0 Å². The average molecular weight is 448 g/mol. The Morgan fingerprint density at radius 3 is 2.48 bits per heavy atom. The van der Waals surface area contributed by atoms with Crippen LogP contribution in [-0.4, -0.2) is 47.2 Å². The molecule has 3 aromatic carbocycles. The summed E-state index contributed by atoms with van der Waals surface area (Å²) in [5.74, 6) is 0.863. The fraction of sp³-hybridized carbons (Fsp3) is 0.321. The molecule has 5 heteroatoms. The molecule has 174 valence electrons. The molecule has 0 amide bonds. The van der Waals surface area contributed by atoms with E-state index in [1.165, 1.54) is 22.3 Å².